The summed E-state index contributed by atoms with van der Waals surface area (Å²) in [5.74, 6) is 0.187. The van der Waals surface area contributed by atoms with Gasteiger partial charge < -0.3 is 15.2 Å². The quantitative estimate of drug-likeness (QED) is 0.812. The van der Waals surface area contributed by atoms with E-state index in [9.17, 15) is 9.18 Å². The van der Waals surface area contributed by atoms with Crippen LogP contribution >= 0.6 is 11.6 Å². The van der Waals surface area contributed by atoms with Gasteiger partial charge in [0, 0.05) is 5.56 Å². The minimum atomic E-state index is -1.12. The Morgan fingerprint density at radius 1 is 1.56 bits per heavy atom. The molecule has 0 unspecified atom stereocenters. The SMILES string of the molecule is CC(C)(COc1ccc(F)cc1CCl)NC(=O)O. The van der Waals surface area contributed by atoms with Gasteiger partial charge in [0.05, 0.1) is 11.4 Å². The molecule has 0 saturated carbocycles. The number of halogens is 2. The largest absolute Gasteiger partial charge is 0.491 e. The zero-order valence-electron chi connectivity index (χ0n) is 10.2. The minimum absolute atomic E-state index is 0.120. The molecule has 0 fully saturated rings. The number of alkyl halides is 1. The zero-order chi connectivity index (χ0) is 13.8. The Balaban J connectivity index is 2.71. The predicted molar refractivity (Wildman–Crippen MR) is 66.7 cm³/mol. The first-order valence-electron chi connectivity index (χ1n) is 5.32. The average molecular weight is 276 g/mol. The number of hydrogen-bond donors (Lipinski definition) is 2. The molecule has 0 radical (unpaired) electrons. The van der Waals surface area contributed by atoms with Crippen molar-refractivity contribution < 1.29 is 19.0 Å². The van der Waals surface area contributed by atoms with Gasteiger partial charge in [0.2, 0.25) is 0 Å². The number of rotatable bonds is 5. The van der Waals surface area contributed by atoms with Crippen molar-refractivity contribution in [3.05, 3.63) is 29.6 Å². The van der Waals surface area contributed by atoms with Gasteiger partial charge in [0.15, 0.2) is 0 Å². The molecule has 2 N–H and O–H groups in total. The highest BCUT2D eigenvalue weighted by Gasteiger charge is 2.21. The number of nitrogens with one attached hydrogen (secondary N) is 1. The monoisotopic (exact) mass is 275 g/mol. The van der Waals surface area contributed by atoms with Crippen LogP contribution in [0.25, 0.3) is 0 Å². The molecular formula is C12H15ClFNO3. The summed E-state index contributed by atoms with van der Waals surface area (Å²) in [4.78, 5) is 10.6. The van der Waals surface area contributed by atoms with E-state index in [1.807, 2.05) is 0 Å². The van der Waals surface area contributed by atoms with Crippen LogP contribution in [0.4, 0.5) is 9.18 Å². The number of benzene rings is 1. The Kier molecular flexibility index (Phi) is 4.78. The number of ether oxygens (including phenoxy) is 1. The van der Waals surface area contributed by atoms with Crippen LogP contribution in [0, 0.1) is 5.82 Å². The molecule has 0 aliphatic carbocycles. The Hall–Kier alpha value is -1.49. The van der Waals surface area contributed by atoms with Gasteiger partial charge in [-0.3, -0.25) is 0 Å². The molecule has 0 bridgehead atoms. The Bertz CT molecular complexity index is 437. The molecule has 1 amide bonds. The number of carboxylic acid groups (broad SMARTS) is 1. The molecule has 0 aliphatic heterocycles. The third-order valence-electron chi connectivity index (χ3n) is 2.20. The molecule has 0 saturated heterocycles. The lowest BCUT2D eigenvalue weighted by atomic mass is 10.1. The molecule has 0 spiro atoms. The molecule has 0 aliphatic rings. The average Bonchev–Trinajstić information content (AvgIpc) is 2.25. The molecule has 1 rings (SSSR count). The van der Waals surface area contributed by atoms with Crippen molar-refractivity contribution >= 4 is 17.7 Å². The van der Waals surface area contributed by atoms with Crippen molar-refractivity contribution in [2.45, 2.75) is 25.3 Å². The second-order valence-electron chi connectivity index (χ2n) is 4.49. The third kappa shape index (κ3) is 4.41. The molecule has 1 aromatic carbocycles. The van der Waals surface area contributed by atoms with E-state index in [-0.39, 0.29) is 18.3 Å². The molecule has 4 nitrogen and oxygen atoms in total. The maximum Gasteiger partial charge on any atom is 0.405 e. The van der Waals surface area contributed by atoms with E-state index in [0.29, 0.717) is 11.3 Å². The Labute approximate surface area is 110 Å². The molecule has 1 aromatic rings. The van der Waals surface area contributed by atoms with E-state index in [1.165, 1.54) is 18.2 Å². The van der Waals surface area contributed by atoms with Crippen LogP contribution in [0.2, 0.25) is 0 Å². The summed E-state index contributed by atoms with van der Waals surface area (Å²) >= 11 is 5.68. The fraction of sp³-hybridized carbons (Fsp3) is 0.417. The summed E-state index contributed by atoms with van der Waals surface area (Å²) < 4.78 is 18.4. The molecule has 0 aromatic heterocycles. The maximum atomic E-state index is 13.0. The van der Waals surface area contributed by atoms with Crippen LogP contribution in [0.3, 0.4) is 0 Å². The Morgan fingerprint density at radius 3 is 2.78 bits per heavy atom. The van der Waals surface area contributed by atoms with E-state index >= 15 is 0 Å². The smallest absolute Gasteiger partial charge is 0.405 e. The summed E-state index contributed by atoms with van der Waals surface area (Å²) in [7, 11) is 0. The van der Waals surface area contributed by atoms with Crippen molar-refractivity contribution in [3.8, 4) is 5.75 Å². The standard InChI is InChI=1S/C12H15ClFNO3/c1-12(2,15-11(16)17)7-18-10-4-3-9(14)5-8(10)6-13/h3-5,15H,6-7H2,1-2H3,(H,16,17). The van der Waals surface area contributed by atoms with Crippen molar-refractivity contribution in [2.75, 3.05) is 6.61 Å². The minimum Gasteiger partial charge on any atom is -0.491 e. The molecular weight excluding hydrogens is 261 g/mol. The second kappa shape index (κ2) is 5.91. The highest BCUT2D eigenvalue weighted by atomic mass is 35.5. The van der Waals surface area contributed by atoms with Crippen LogP contribution in [-0.4, -0.2) is 23.3 Å². The van der Waals surface area contributed by atoms with Crippen LogP contribution in [0.15, 0.2) is 18.2 Å². The van der Waals surface area contributed by atoms with E-state index in [2.05, 4.69) is 5.32 Å². The lowest BCUT2D eigenvalue weighted by molar-refractivity contribution is 0.162. The van der Waals surface area contributed by atoms with Gasteiger partial charge in [-0.1, -0.05) is 0 Å². The van der Waals surface area contributed by atoms with Crippen molar-refractivity contribution in [3.63, 3.8) is 0 Å². The second-order valence-corrected chi connectivity index (χ2v) is 4.76. The van der Waals surface area contributed by atoms with Crippen LogP contribution in [0.1, 0.15) is 19.4 Å². The van der Waals surface area contributed by atoms with Crippen LogP contribution in [-0.2, 0) is 5.88 Å². The van der Waals surface area contributed by atoms with Gasteiger partial charge in [-0.2, -0.15) is 0 Å². The predicted octanol–water partition coefficient (Wildman–Crippen LogP) is 2.99. The molecule has 100 valence electrons. The van der Waals surface area contributed by atoms with Crippen molar-refractivity contribution in [2.24, 2.45) is 0 Å². The lowest BCUT2D eigenvalue weighted by Gasteiger charge is -2.25. The van der Waals surface area contributed by atoms with E-state index in [4.69, 9.17) is 21.4 Å². The normalized spacial score (nSPS) is 11.1. The molecule has 0 atom stereocenters. The third-order valence-corrected chi connectivity index (χ3v) is 2.49. The fourth-order valence-corrected chi connectivity index (χ4v) is 1.59. The van der Waals surface area contributed by atoms with Crippen molar-refractivity contribution in [1.82, 2.24) is 5.32 Å². The number of hydrogen-bond acceptors (Lipinski definition) is 2. The van der Waals surface area contributed by atoms with Gasteiger partial charge >= 0.3 is 6.09 Å². The summed E-state index contributed by atoms with van der Waals surface area (Å²) in [5.41, 5.74) is -0.216. The van der Waals surface area contributed by atoms with Gasteiger partial charge in [0.25, 0.3) is 0 Å². The topological polar surface area (TPSA) is 58.6 Å². The van der Waals surface area contributed by atoms with E-state index in [0.717, 1.165) is 0 Å². The molecule has 6 heteroatoms. The van der Waals surface area contributed by atoms with Gasteiger partial charge in [-0.05, 0) is 32.0 Å². The maximum absolute atomic E-state index is 13.0. The summed E-state index contributed by atoms with van der Waals surface area (Å²) in [6, 6.07) is 4.03. The fourth-order valence-electron chi connectivity index (χ4n) is 1.38. The van der Waals surface area contributed by atoms with Crippen LogP contribution in [0.5, 0.6) is 5.75 Å². The van der Waals surface area contributed by atoms with E-state index in [1.54, 1.807) is 13.8 Å². The van der Waals surface area contributed by atoms with Gasteiger partial charge in [-0.15, -0.1) is 11.6 Å². The first-order valence-corrected chi connectivity index (χ1v) is 5.86. The number of amides is 1. The number of carbonyl (C=O) groups is 1. The van der Waals surface area contributed by atoms with Gasteiger partial charge in [0.1, 0.15) is 18.2 Å². The first-order chi connectivity index (χ1) is 8.34. The Morgan fingerprint density at radius 2 is 2.22 bits per heavy atom. The summed E-state index contributed by atoms with van der Waals surface area (Å²) in [6.07, 6.45) is -1.12. The molecule has 18 heavy (non-hydrogen) atoms. The molecule has 0 heterocycles. The van der Waals surface area contributed by atoms with E-state index < -0.39 is 11.6 Å². The summed E-state index contributed by atoms with van der Waals surface area (Å²) in [5, 5.41) is 11.0. The van der Waals surface area contributed by atoms with Crippen LogP contribution < -0.4 is 10.1 Å². The lowest BCUT2D eigenvalue weighted by Crippen LogP contribution is -2.47. The van der Waals surface area contributed by atoms with Gasteiger partial charge in [-0.25, -0.2) is 9.18 Å². The summed E-state index contributed by atoms with van der Waals surface area (Å²) in [6.45, 7) is 3.49. The zero-order valence-corrected chi connectivity index (χ0v) is 10.9. The first kappa shape index (κ1) is 14.6. The highest BCUT2D eigenvalue weighted by molar-refractivity contribution is 6.17. The van der Waals surface area contributed by atoms with Crippen molar-refractivity contribution in [1.29, 1.82) is 0 Å². The highest BCUT2D eigenvalue weighted by Crippen LogP contribution is 2.22.